The van der Waals surface area contributed by atoms with Gasteiger partial charge in [0.15, 0.2) is 0 Å². The molecule has 0 radical (unpaired) electrons. The van der Waals surface area contributed by atoms with Crippen LogP contribution in [0.25, 0.3) is 0 Å². The molecule has 0 aliphatic heterocycles. The van der Waals surface area contributed by atoms with Crippen LogP contribution in [0.1, 0.15) is 32.4 Å². The average Bonchev–Trinajstić information content (AvgIpc) is 3.10. The van der Waals surface area contributed by atoms with Crippen LogP contribution in [0.15, 0.2) is 22.8 Å². The van der Waals surface area contributed by atoms with E-state index in [1.54, 1.807) is 17.2 Å². The minimum absolute atomic E-state index is 0.200. The summed E-state index contributed by atoms with van der Waals surface area (Å²) in [5.74, 6) is -0.0502. The second-order valence-electron chi connectivity index (χ2n) is 5.89. The summed E-state index contributed by atoms with van der Waals surface area (Å²) >= 11 is 0. The van der Waals surface area contributed by atoms with Gasteiger partial charge in [-0.25, -0.2) is 4.79 Å². The van der Waals surface area contributed by atoms with Crippen molar-refractivity contribution in [1.29, 1.82) is 0 Å². The van der Waals surface area contributed by atoms with Crippen molar-refractivity contribution in [1.82, 2.24) is 9.80 Å². The molecule has 1 aromatic rings. The van der Waals surface area contributed by atoms with Crippen LogP contribution in [0, 0.1) is 5.92 Å². The van der Waals surface area contributed by atoms with Crippen molar-refractivity contribution in [3.8, 4) is 0 Å². The van der Waals surface area contributed by atoms with E-state index in [2.05, 4.69) is 0 Å². The number of amides is 2. The van der Waals surface area contributed by atoms with E-state index in [0.717, 1.165) is 18.6 Å². The second kappa shape index (κ2) is 6.65. The maximum atomic E-state index is 12.7. The molecule has 0 atom stereocenters. The number of aliphatic carboxylic acids is 1. The Morgan fingerprint density at radius 1 is 1.43 bits per heavy atom. The predicted octanol–water partition coefficient (Wildman–Crippen LogP) is 2.41. The summed E-state index contributed by atoms with van der Waals surface area (Å²) < 4.78 is 5.31. The van der Waals surface area contributed by atoms with Crippen molar-refractivity contribution in [3.63, 3.8) is 0 Å². The number of hydrogen-bond donors (Lipinski definition) is 1. The van der Waals surface area contributed by atoms with Gasteiger partial charge in [0, 0.05) is 12.6 Å². The number of carboxylic acid groups (broad SMARTS) is 1. The Kier molecular flexibility index (Phi) is 4.88. The Morgan fingerprint density at radius 2 is 2.14 bits per heavy atom. The SMILES string of the molecule is CC(C)CN(CC(=O)O)C(=O)N(Cc1ccco1)C1CC1. The third-order valence-electron chi connectivity index (χ3n) is 3.32. The van der Waals surface area contributed by atoms with Crippen LogP contribution in [0.3, 0.4) is 0 Å². The topological polar surface area (TPSA) is 74.0 Å². The first-order chi connectivity index (χ1) is 9.97. The lowest BCUT2D eigenvalue weighted by molar-refractivity contribution is -0.137. The van der Waals surface area contributed by atoms with Gasteiger partial charge in [0.05, 0.1) is 12.8 Å². The molecule has 2 amide bonds. The molecule has 1 aliphatic rings. The third-order valence-corrected chi connectivity index (χ3v) is 3.32. The number of carboxylic acids is 1. The maximum absolute atomic E-state index is 12.7. The Morgan fingerprint density at radius 3 is 2.62 bits per heavy atom. The van der Waals surface area contributed by atoms with Gasteiger partial charge >= 0.3 is 12.0 Å². The van der Waals surface area contributed by atoms with Crippen molar-refractivity contribution >= 4 is 12.0 Å². The van der Waals surface area contributed by atoms with Gasteiger partial charge < -0.3 is 19.3 Å². The van der Waals surface area contributed by atoms with Crippen LogP contribution in [0.5, 0.6) is 0 Å². The fourth-order valence-corrected chi connectivity index (χ4v) is 2.31. The molecule has 116 valence electrons. The normalized spacial score (nSPS) is 14.2. The standard InChI is InChI=1S/C15H22N2O4/c1-11(2)8-16(10-14(18)19)15(20)17(12-5-6-12)9-13-4-3-7-21-13/h3-4,7,11-12H,5-6,8-10H2,1-2H3,(H,18,19). The highest BCUT2D eigenvalue weighted by Crippen LogP contribution is 2.29. The molecular formula is C15H22N2O4. The third kappa shape index (κ3) is 4.51. The lowest BCUT2D eigenvalue weighted by Crippen LogP contribution is -2.47. The Bertz CT molecular complexity index is 480. The first-order valence-electron chi connectivity index (χ1n) is 7.27. The minimum atomic E-state index is -0.988. The molecule has 2 rings (SSSR count). The second-order valence-corrected chi connectivity index (χ2v) is 5.89. The predicted molar refractivity (Wildman–Crippen MR) is 76.7 cm³/mol. The molecule has 0 saturated heterocycles. The zero-order valence-electron chi connectivity index (χ0n) is 12.5. The van der Waals surface area contributed by atoms with Gasteiger partial charge in [-0.05, 0) is 30.9 Å². The first-order valence-corrected chi connectivity index (χ1v) is 7.27. The van der Waals surface area contributed by atoms with E-state index in [0.29, 0.717) is 13.1 Å². The Labute approximate surface area is 124 Å². The Hall–Kier alpha value is -1.98. The van der Waals surface area contributed by atoms with Crippen LogP contribution >= 0.6 is 0 Å². The maximum Gasteiger partial charge on any atom is 0.323 e. The van der Waals surface area contributed by atoms with Crippen LogP contribution in [-0.2, 0) is 11.3 Å². The summed E-state index contributed by atoms with van der Waals surface area (Å²) in [4.78, 5) is 26.8. The number of urea groups is 1. The molecule has 6 nitrogen and oxygen atoms in total. The molecule has 0 spiro atoms. The summed E-state index contributed by atoms with van der Waals surface area (Å²) in [5, 5.41) is 9.01. The molecule has 6 heteroatoms. The van der Waals surface area contributed by atoms with Crippen LogP contribution in [0.4, 0.5) is 4.79 Å². The number of carbonyl (C=O) groups excluding carboxylic acids is 1. The van der Waals surface area contributed by atoms with E-state index in [-0.39, 0.29) is 24.5 Å². The fraction of sp³-hybridized carbons (Fsp3) is 0.600. The van der Waals surface area contributed by atoms with Crippen molar-refractivity contribution in [2.75, 3.05) is 13.1 Å². The zero-order chi connectivity index (χ0) is 15.4. The molecule has 1 N–H and O–H groups in total. The summed E-state index contributed by atoms with van der Waals surface area (Å²) in [6, 6.07) is 3.59. The highest BCUT2D eigenvalue weighted by atomic mass is 16.4. The molecule has 21 heavy (non-hydrogen) atoms. The van der Waals surface area contributed by atoms with Gasteiger partial charge in [0.1, 0.15) is 12.3 Å². The van der Waals surface area contributed by atoms with Crippen LogP contribution in [0.2, 0.25) is 0 Å². The van der Waals surface area contributed by atoms with E-state index in [1.807, 2.05) is 19.9 Å². The van der Waals surface area contributed by atoms with E-state index < -0.39 is 5.97 Å². The molecule has 0 bridgehead atoms. The van der Waals surface area contributed by atoms with E-state index in [1.165, 1.54) is 4.90 Å². The van der Waals surface area contributed by atoms with Crippen molar-refractivity contribution in [2.24, 2.45) is 5.92 Å². The van der Waals surface area contributed by atoms with Crippen molar-refractivity contribution < 1.29 is 19.1 Å². The highest BCUT2D eigenvalue weighted by Gasteiger charge is 2.36. The summed E-state index contributed by atoms with van der Waals surface area (Å²) in [5.41, 5.74) is 0. The number of furan rings is 1. The van der Waals surface area contributed by atoms with Crippen molar-refractivity contribution in [2.45, 2.75) is 39.3 Å². The van der Waals surface area contributed by atoms with Gasteiger partial charge in [-0.15, -0.1) is 0 Å². The van der Waals surface area contributed by atoms with E-state index in [9.17, 15) is 9.59 Å². The van der Waals surface area contributed by atoms with Gasteiger partial charge in [0.2, 0.25) is 0 Å². The highest BCUT2D eigenvalue weighted by molar-refractivity contribution is 5.80. The monoisotopic (exact) mass is 294 g/mol. The summed E-state index contributed by atoms with van der Waals surface area (Å²) in [6.45, 7) is 4.50. The number of nitrogens with zero attached hydrogens (tertiary/aromatic N) is 2. The van der Waals surface area contributed by atoms with Gasteiger partial charge in [0.25, 0.3) is 0 Å². The molecule has 0 unspecified atom stereocenters. The molecule has 1 aromatic heterocycles. The van der Waals surface area contributed by atoms with Gasteiger partial charge in [-0.3, -0.25) is 4.79 Å². The van der Waals surface area contributed by atoms with E-state index >= 15 is 0 Å². The number of carbonyl (C=O) groups is 2. The minimum Gasteiger partial charge on any atom is -0.480 e. The number of rotatable bonds is 7. The Balaban J connectivity index is 2.08. The largest absolute Gasteiger partial charge is 0.480 e. The molecule has 1 heterocycles. The molecule has 0 aromatic carbocycles. The van der Waals surface area contributed by atoms with E-state index in [4.69, 9.17) is 9.52 Å². The average molecular weight is 294 g/mol. The molecule has 1 aliphatic carbocycles. The van der Waals surface area contributed by atoms with Crippen LogP contribution in [-0.4, -0.2) is 46.0 Å². The first kappa shape index (κ1) is 15.4. The lowest BCUT2D eigenvalue weighted by Gasteiger charge is -2.30. The van der Waals surface area contributed by atoms with Crippen molar-refractivity contribution in [3.05, 3.63) is 24.2 Å². The number of hydrogen-bond acceptors (Lipinski definition) is 3. The molecule has 1 saturated carbocycles. The van der Waals surface area contributed by atoms with Crippen LogP contribution < -0.4 is 0 Å². The molecular weight excluding hydrogens is 272 g/mol. The zero-order valence-corrected chi connectivity index (χ0v) is 12.5. The van der Waals surface area contributed by atoms with Gasteiger partial charge in [-0.1, -0.05) is 13.8 Å². The lowest BCUT2D eigenvalue weighted by atomic mass is 10.2. The summed E-state index contributed by atoms with van der Waals surface area (Å²) in [6.07, 6.45) is 3.51. The smallest absolute Gasteiger partial charge is 0.323 e. The fourth-order valence-electron chi connectivity index (χ4n) is 2.31. The van der Waals surface area contributed by atoms with Gasteiger partial charge in [-0.2, -0.15) is 0 Å². The quantitative estimate of drug-likeness (QED) is 0.838. The molecule has 1 fully saturated rings. The summed E-state index contributed by atoms with van der Waals surface area (Å²) in [7, 11) is 0.